The van der Waals surface area contributed by atoms with E-state index in [1.807, 2.05) is 30.6 Å². The molecular weight excluding hydrogens is 453 g/mol. The molecule has 164 valence electrons. The molecule has 9 heteroatoms. The van der Waals surface area contributed by atoms with Gasteiger partial charge >= 0.3 is 0 Å². The third kappa shape index (κ3) is 4.56. The third-order valence-electron chi connectivity index (χ3n) is 6.04. The summed E-state index contributed by atoms with van der Waals surface area (Å²) >= 11 is 14.3. The zero-order valence-corrected chi connectivity index (χ0v) is 19.6. The normalized spacial score (nSPS) is 16.0. The van der Waals surface area contributed by atoms with Gasteiger partial charge in [0.1, 0.15) is 5.69 Å². The van der Waals surface area contributed by atoms with Gasteiger partial charge in [-0.25, -0.2) is 15.0 Å². The number of anilines is 1. The summed E-state index contributed by atoms with van der Waals surface area (Å²) in [6, 6.07) is 5.43. The Balaban J connectivity index is 1.59. The van der Waals surface area contributed by atoms with Crippen LogP contribution >= 0.6 is 34.5 Å². The number of piperidine rings is 1. The molecule has 0 aliphatic carbocycles. The lowest BCUT2D eigenvalue weighted by atomic mass is 9.76. The Morgan fingerprint density at radius 2 is 2.00 bits per heavy atom. The van der Waals surface area contributed by atoms with Crippen LogP contribution in [0.1, 0.15) is 29.2 Å². The summed E-state index contributed by atoms with van der Waals surface area (Å²) in [6.07, 6.45) is 4.63. The first-order chi connectivity index (χ1) is 15.0. The van der Waals surface area contributed by atoms with Crippen LogP contribution in [0.3, 0.4) is 0 Å². The molecule has 1 aromatic carbocycles. The molecule has 0 unspecified atom stereocenters. The highest BCUT2D eigenvalue weighted by molar-refractivity contribution is 7.09. The smallest absolute Gasteiger partial charge is 0.153 e. The molecule has 0 saturated carbocycles. The average Bonchev–Trinajstić information content (AvgIpc) is 3.29. The Hall–Kier alpha value is -1.77. The van der Waals surface area contributed by atoms with Crippen molar-refractivity contribution in [1.82, 2.24) is 15.0 Å². The summed E-state index contributed by atoms with van der Waals surface area (Å²) in [5.41, 5.74) is 8.88. The molecule has 3 N–H and O–H groups in total. The van der Waals surface area contributed by atoms with Crippen LogP contribution in [0.25, 0.3) is 11.3 Å². The highest BCUT2D eigenvalue weighted by atomic mass is 35.5. The molecule has 4 rings (SSSR count). The van der Waals surface area contributed by atoms with Crippen molar-refractivity contribution in [3.63, 3.8) is 0 Å². The zero-order valence-electron chi connectivity index (χ0n) is 17.3. The number of aromatic nitrogens is 3. The maximum atomic E-state index is 10.0. The van der Waals surface area contributed by atoms with E-state index in [4.69, 9.17) is 38.9 Å². The van der Waals surface area contributed by atoms with Gasteiger partial charge in [-0.15, -0.1) is 11.3 Å². The number of hydrogen-bond donors (Lipinski definition) is 2. The topological polar surface area (TPSA) is 88.2 Å². The summed E-state index contributed by atoms with van der Waals surface area (Å²) in [5, 5.41) is 14.1. The lowest BCUT2D eigenvalue weighted by Crippen LogP contribution is -2.45. The molecule has 0 spiro atoms. The molecule has 0 atom stereocenters. The minimum absolute atomic E-state index is 0.0461. The molecule has 1 fully saturated rings. The van der Waals surface area contributed by atoms with E-state index in [9.17, 15) is 5.11 Å². The van der Waals surface area contributed by atoms with Gasteiger partial charge in [0.05, 0.1) is 33.0 Å². The number of nitrogens with zero attached hydrogens (tertiary/aromatic N) is 4. The fourth-order valence-electron chi connectivity index (χ4n) is 4.15. The number of aliphatic hydroxyl groups is 1. The van der Waals surface area contributed by atoms with Gasteiger partial charge in [0.25, 0.3) is 0 Å². The molecule has 1 aliphatic rings. The second kappa shape index (κ2) is 9.38. The van der Waals surface area contributed by atoms with Crippen molar-refractivity contribution >= 4 is 40.4 Å². The quantitative estimate of drug-likeness (QED) is 0.543. The summed E-state index contributed by atoms with van der Waals surface area (Å²) in [4.78, 5) is 16.2. The number of hydrogen-bond acceptors (Lipinski definition) is 7. The standard InChI is InChI=1S/C22H25Cl2N5OS/c1-14-20(15-3-2-4-16(23)19(15)24)28-17(12-30)21(27-14)29-8-5-22(13-25,6-9-29)11-18-26-7-10-31-18/h2-4,7,10,30H,5-6,8-9,11-13,25H2,1H3. The fraction of sp³-hybridized carbons (Fsp3) is 0.409. The van der Waals surface area contributed by atoms with Gasteiger partial charge in [-0.05, 0) is 37.8 Å². The number of aliphatic hydroxyl groups excluding tert-OH is 1. The number of halogens is 2. The first kappa shape index (κ1) is 22.4. The summed E-state index contributed by atoms with van der Waals surface area (Å²) in [6.45, 7) is 3.94. The van der Waals surface area contributed by atoms with E-state index >= 15 is 0 Å². The van der Waals surface area contributed by atoms with Crippen molar-refractivity contribution in [2.45, 2.75) is 32.8 Å². The summed E-state index contributed by atoms with van der Waals surface area (Å²) in [5.74, 6) is 0.724. The van der Waals surface area contributed by atoms with E-state index in [1.54, 1.807) is 17.4 Å². The van der Waals surface area contributed by atoms with Crippen LogP contribution < -0.4 is 10.6 Å². The molecule has 1 saturated heterocycles. The maximum Gasteiger partial charge on any atom is 0.153 e. The van der Waals surface area contributed by atoms with E-state index in [-0.39, 0.29) is 12.0 Å². The van der Waals surface area contributed by atoms with E-state index in [2.05, 4.69) is 9.88 Å². The number of benzene rings is 1. The van der Waals surface area contributed by atoms with Crippen LogP contribution in [-0.2, 0) is 13.0 Å². The molecular formula is C22H25Cl2N5OS. The number of thiazole rings is 1. The van der Waals surface area contributed by atoms with Crippen molar-refractivity contribution in [2.75, 3.05) is 24.5 Å². The molecule has 31 heavy (non-hydrogen) atoms. The highest BCUT2D eigenvalue weighted by Gasteiger charge is 2.35. The van der Waals surface area contributed by atoms with Crippen molar-refractivity contribution in [3.05, 3.63) is 56.2 Å². The van der Waals surface area contributed by atoms with Crippen LogP contribution in [-0.4, -0.2) is 39.7 Å². The minimum atomic E-state index is -0.203. The Morgan fingerprint density at radius 1 is 1.23 bits per heavy atom. The molecule has 6 nitrogen and oxygen atoms in total. The predicted octanol–water partition coefficient (Wildman–Crippen LogP) is 4.50. The number of aryl methyl sites for hydroxylation is 1. The Morgan fingerprint density at radius 3 is 2.65 bits per heavy atom. The van der Waals surface area contributed by atoms with Crippen molar-refractivity contribution in [3.8, 4) is 11.3 Å². The molecule has 1 aliphatic heterocycles. The van der Waals surface area contributed by atoms with E-state index < -0.39 is 0 Å². The fourth-order valence-corrected chi connectivity index (χ4v) is 5.33. The molecule has 0 radical (unpaired) electrons. The van der Waals surface area contributed by atoms with Crippen LogP contribution in [0, 0.1) is 12.3 Å². The van der Waals surface area contributed by atoms with E-state index in [0.717, 1.165) is 48.9 Å². The lowest BCUT2D eigenvalue weighted by Gasteiger charge is -2.41. The monoisotopic (exact) mass is 477 g/mol. The Kier molecular flexibility index (Phi) is 6.79. The second-order valence-electron chi connectivity index (χ2n) is 7.98. The highest BCUT2D eigenvalue weighted by Crippen LogP contribution is 2.38. The van der Waals surface area contributed by atoms with Crippen LogP contribution in [0.4, 0.5) is 5.82 Å². The number of nitrogens with two attached hydrogens (primary N) is 1. The van der Waals surface area contributed by atoms with Crippen LogP contribution in [0.15, 0.2) is 29.8 Å². The lowest BCUT2D eigenvalue weighted by molar-refractivity contribution is 0.224. The van der Waals surface area contributed by atoms with E-state index in [1.165, 1.54) is 0 Å². The maximum absolute atomic E-state index is 10.0. The van der Waals surface area contributed by atoms with Crippen LogP contribution in [0.2, 0.25) is 10.0 Å². The van der Waals surface area contributed by atoms with Crippen molar-refractivity contribution in [1.29, 1.82) is 0 Å². The van der Waals surface area contributed by atoms with Gasteiger partial charge in [-0.1, -0.05) is 35.3 Å². The predicted molar refractivity (Wildman–Crippen MR) is 127 cm³/mol. The van der Waals surface area contributed by atoms with Crippen LogP contribution in [0.5, 0.6) is 0 Å². The van der Waals surface area contributed by atoms with E-state index in [0.29, 0.717) is 33.5 Å². The van der Waals surface area contributed by atoms with Gasteiger partial charge in [0.2, 0.25) is 0 Å². The molecule has 0 amide bonds. The van der Waals surface area contributed by atoms with Crippen molar-refractivity contribution < 1.29 is 5.11 Å². The summed E-state index contributed by atoms with van der Waals surface area (Å²) in [7, 11) is 0. The summed E-state index contributed by atoms with van der Waals surface area (Å²) < 4.78 is 0. The van der Waals surface area contributed by atoms with Gasteiger partial charge in [-0.2, -0.15) is 0 Å². The molecule has 0 bridgehead atoms. The molecule has 2 aromatic heterocycles. The van der Waals surface area contributed by atoms with Crippen molar-refractivity contribution in [2.24, 2.45) is 11.1 Å². The van der Waals surface area contributed by atoms with Gasteiger partial charge in [0, 0.05) is 36.7 Å². The molecule has 3 aromatic rings. The number of rotatable bonds is 6. The minimum Gasteiger partial charge on any atom is -0.390 e. The first-order valence-corrected chi connectivity index (χ1v) is 11.9. The largest absolute Gasteiger partial charge is 0.390 e. The zero-order chi connectivity index (χ0) is 22.0. The SMILES string of the molecule is Cc1nc(N2CCC(CN)(Cc3nccs3)CC2)c(CO)nc1-c1cccc(Cl)c1Cl. The Labute approximate surface area is 196 Å². The van der Waals surface area contributed by atoms with Gasteiger partial charge in [-0.3, -0.25) is 0 Å². The second-order valence-corrected chi connectivity index (χ2v) is 9.75. The average molecular weight is 478 g/mol. The van der Waals surface area contributed by atoms with Gasteiger partial charge in [0.15, 0.2) is 5.82 Å². The first-order valence-electron chi connectivity index (χ1n) is 10.2. The molecule has 3 heterocycles. The van der Waals surface area contributed by atoms with Gasteiger partial charge < -0.3 is 15.7 Å². The third-order valence-corrected chi connectivity index (χ3v) is 7.64. The Bertz CT molecular complexity index is 1050.